The first-order valence-electron chi connectivity index (χ1n) is 3.13. The van der Waals surface area contributed by atoms with Crippen molar-refractivity contribution >= 4 is 15.8 Å². The van der Waals surface area contributed by atoms with E-state index in [1.165, 1.54) is 0 Å². The summed E-state index contributed by atoms with van der Waals surface area (Å²) < 4.78 is 29.5. The van der Waals surface area contributed by atoms with Crippen LogP contribution in [0.1, 0.15) is 1.43 Å². The minimum atomic E-state index is -4.27. The number of rotatable bonds is 2. The van der Waals surface area contributed by atoms with Crippen LogP contribution in [-0.2, 0) is 10.1 Å². The van der Waals surface area contributed by atoms with Crippen LogP contribution in [-0.4, -0.2) is 17.9 Å². The van der Waals surface area contributed by atoms with Crippen molar-refractivity contribution < 1.29 is 70.7 Å². The fraction of sp³-hybridized carbons (Fsp3) is 0. The first kappa shape index (κ1) is 14.2. The van der Waals surface area contributed by atoms with Gasteiger partial charge in [-0.25, -0.2) is 0 Å². The van der Waals surface area contributed by atoms with Gasteiger partial charge in [-0.15, -0.1) is 0 Å². The fourth-order valence-corrected chi connectivity index (χ4v) is 1.22. The van der Waals surface area contributed by atoms with Crippen LogP contribution in [0.5, 0.6) is 0 Å². The van der Waals surface area contributed by atoms with Crippen LogP contribution in [0.15, 0.2) is 29.2 Å². The third-order valence-electron chi connectivity index (χ3n) is 1.35. The molecule has 14 heavy (non-hydrogen) atoms. The SMILES string of the molecule is O=[N+]([O-])c1ccc(S(=O)(=O)O)cc1.[H-].[K+]. The van der Waals surface area contributed by atoms with Crippen molar-refractivity contribution in [3.8, 4) is 0 Å². The Morgan fingerprint density at radius 2 is 1.71 bits per heavy atom. The van der Waals surface area contributed by atoms with E-state index in [9.17, 15) is 18.5 Å². The molecule has 0 amide bonds. The zero-order valence-electron chi connectivity index (χ0n) is 8.25. The largest absolute Gasteiger partial charge is 1.00 e. The summed E-state index contributed by atoms with van der Waals surface area (Å²) in [5.41, 5.74) is -0.229. The van der Waals surface area contributed by atoms with Crippen molar-refractivity contribution in [1.29, 1.82) is 0 Å². The molecule has 1 aromatic carbocycles. The van der Waals surface area contributed by atoms with Crippen LogP contribution in [0.25, 0.3) is 0 Å². The van der Waals surface area contributed by atoms with E-state index in [4.69, 9.17) is 4.55 Å². The van der Waals surface area contributed by atoms with Gasteiger partial charge in [-0.1, -0.05) is 0 Å². The standard InChI is InChI=1S/C6H5NO5S.K.H/c8-7(9)5-1-3-6(4-2-5)13(10,11)12;;/h1-4H,(H,10,11,12);;/q;+1;-1. The second kappa shape index (κ2) is 5.31. The Labute approximate surface area is 124 Å². The third kappa shape index (κ3) is 3.73. The van der Waals surface area contributed by atoms with Crippen LogP contribution in [0.4, 0.5) is 5.69 Å². The molecule has 0 saturated heterocycles. The van der Waals surface area contributed by atoms with Crippen LogP contribution >= 0.6 is 0 Å². The number of non-ortho nitro benzene ring substituents is 1. The molecule has 0 spiro atoms. The Balaban J connectivity index is 0. The fourth-order valence-electron chi connectivity index (χ4n) is 0.740. The van der Waals surface area contributed by atoms with Crippen molar-refractivity contribution in [1.82, 2.24) is 0 Å². The minimum Gasteiger partial charge on any atom is -1.00 e. The van der Waals surface area contributed by atoms with E-state index in [-0.39, 0.29) is 63.4 Å². The molecule has 0 unspecified atom stereocenters. The molecule has 1 N–H and O–H groups in total. The van der Waals surface area contributed by atoms with E-state index in [1.54, 1.807) is 0 Å². The van der Waals surface area contributed by atoms with Gasteiger partial charge < -0.3 is 1.43 Å². The first-order valence-corrected chi connectivity index (χ1v) is 4.57. The van der Waals surface area contributed by atoms with E-state index in [2.05, 4.69) is 0 Å². The predicted molar refractivity (Wildman–Crippen MR) is 44.0 cm³/mol. The number of nitro groups is 1. The van der Waals surface area contributed by atoms with E-state index in [1.807, 2.05) is 0 Å². The molecule has 0 atom stereocenters. The van der Waals surface area contributed by atoms with Crippen LogP contribution in [0.3, 0.4) is 0 Å². The molecule has 0 heterocycles. The number of benzene rings is 1. The van der Waals surface area contributed by atoms with Gasteiger partial charge in [0.1, 0.15) is 0 Å². The maximum atomic E-state index is 10.5. The molecular weight excluding hydrogens is 237 g/mol. The van der Waals surface area contributed by atoms with Gasteiger partial charge in [-0.3, -0.25) is 14.7 Å². The van der Waals surface area contributed by atoms with Crippen LogP contribution in [0, 0.1) is 10.1 Å². The summed E-state index contributed by atoms with van der Waals surface area (Å²) in [5.74, 6) is 0. The maximum absolute atomic E-state index is 10.5. The zero-order chi connectivity index (χ0) is 10.1. The van der Waals surface area contributed by atoms with Crippen molar-refractivity contribution in [3.05, 3.63) is 34.4 Å². The second-order valence-electron chi connectivity index (χ2n) is 2.23. The Bertz CT molecular complexity index is 431. The van der Waals surface area contributed by atoms with E-state index in [0.717, 1.165) is 24.3 Å². The van der Waals surface area contributed by atoms with Gasteiger partial charge in [-0.05, 0) is 12.1 Å². The van der Waals surface area contributed by atoms with Crippen molar-refractivity contribution in [2.45, 2.75) is 4.90 Å². The molecule has 0 aromatic heterocycles. The summed E-state index contributed by atoms with van der Waals surface area (Å²) in [5, 5.41) is 10.2. The average molecular weight is 243 g/mol. The number of nitro benzene ring substituents is 1. The topological polar surface area (TPSA) is 97.5 Å². The normalized spacial score (nSPS) is 10.4. The molecule has 6 nitrogen and oxygen atoms in total. The summed E-state index contributed by atoms with van der Waals surface area (Å²) in [6, 6.07) is 3.94. The molecule has 0 aliphatic carbocycles. The molecule has 1 rings (SSSR count). The first-order chi connectivity index (χ1) is 5.91. The van der Waals surface area contributed by atoms with Gasteiger partial charge in [0.15, 0.2) is 0 Å². The molecular formula is C6H6KNO5S. The third-order valence-corrected chi connectivity index (χ3v) is 2.21. The van der Waals surface area contributed by atoms with Gasteiger partial charge in [0.05, 0.1) is 9.82 Å². The van der Waals surface area contributed by atoms with Crippen molar-refractivity contribution in [2.75, 3.05) is 0 Å². The summed E-state index contributed by atoms with van der Waals surface area (Å²) in [6.07, 6.45) is 0. The van der Waals surface area contributed by atoms with Gasteiger partial charge in [-0.2, -0.15) is 8.42 Å². The number of nitrogens with zero attached hydrogens (tertiary/aromatic N) is 1. The molecule has 72 valence electrons. The zero-order valence-corrected chi connectivity index (χ0v) is 11.2. The van der Waals surface area contributed by atoms with Crippen molar-refractivity contribution in [3.63, 3.8) is 0 Å². The maximum Gasteiger partial charge on any atom is 1.00 e. The number of hydrogen-bond donors (Lipinski definition) is 1. The summed E-state index contributed by atoms with van der Waals surface area (Å²) in [4.78, 5) is 9.13. The molecule has 0 bridgehead atoms. The average Bonchev–Trinajstić information content (AvgIpc) is 2.03. The Hall–Kier alpha value is 0.166. The quantitative estimate of drug-likeness (QED) is 0.279. The van der Waals surface area contributed by atoms with Crippen LogP contribution in [0.2, 0.25) is 0 Å². The molecule has 0 fully saturated rings. The summed E-state index contributed by atoms with van der Waals surface area (Å²) in [7, 11) is -4.27. The number of hydrogen-bond acceptors (Lipinski definition) is 4. The smallest absolute Gasteiger partial charge is 1.00 e. The minimum absolute atomic E-state index is 0. The molecule has 1 aromatic rings. The monoisotopic (exact) mass is 243 g/mol. The molecule has 0 saturated carbocycles. The molecule has 0 aliphatic heterocycles. The Morgan fingerprint density at radius 1 is 1.29 bits per heavy atom. The predicted octanol–water partition coefficient (Wildman–Crippen LogP) is -2.04. The summed E-state index contributed by atoms with van der Waals surface area (Å²) in [6.45, 7) is 0. The second-order valence-corrected chi connectivity index (χ2v) is 3.65. The van der Waals surface area contributed by atoms with Gasteiger partial charge in [0.25, 0.3) is 15.8 Å². The van der Waals surface area contributed by atoms with E-state index < -0.39 is 15.0 Å². The van der Waals surface area contributed by atoms with Gasteiger partial charge in [0, 0.05) is 12.1 Å². The molecule has 0 radical (unpaired) electrons. The molecule has 0 aliphatic rings. The van der Waals surface area contributed by atoms with Gasteiger partial charge >= 0.3 is 51.4 Å². The molecule has 8 heteroatoms. The Morgan fingerprint density at radius 3 is 2.00 bits per heavy atom. The summed E-state index contributed by atoms with van der Waals surface area (Å²) >= 11 is 0. The van der Waals surface area contributed by atoms with Crippen LogP contribution < -0.4 is 51.4 Å². The van der Waals surface area contributed by atoms with E-state index >= 15 is 0 Å². The van der Waals surface area contributed by atoms with Crippen molar-refractivity contribution in [2.24, 2.45) is 0 Å². The van der Waals surface area contributed by atoms with Gasteiger partial charge in [0.2, 0.25) is 0 Å². The Kier molecular flexibility index (Phi) is 5.37. The van der Waals surface area contributed by atoms with E-state index in [0.29, 0.717) is 0 Å².